The molecular formula is C24H37N3O2. The average Bonchev–Trinajstić information content (AvgIpc) is 2.60. The first-order valence-corrected chi connectivity index (χ1v) is 10.6. The molecule has 160 valence electrons. The van der Waals surface area contributed by atoms with E-state index in [1.54, 1.807) is 0 Å². The van der Waals surface area contributed by atoms with Gasteiger partial charge in [0.2, 0.25) is 0 Å². The van der Waals surface area contributed by atoms with Crippen molar-refractivity contribution >= 4 is 6.21 Å². The molecule has 1 aliphatic rings. The molecule has 0 aromatic heterocycles. The first kappa shape index (κ1) is 23.1. The number of benzene rings is 1. The Labute approximate surface area is 175 Å². The summed E-state index contributed by atoms with van der Waals surface area (Å²) in [6, 6.07) is 4.57. The van der Waals surface area contributed by atoms with Crippen LogP contribution < -0.4 is 10.5 Å². The van der Waals surface area contributed by atoms with Crippen LogP contribution in [-0.2, 0) is 10.8 Å². The summed E-state index contributed by atoms with van der Waals surface area (Å²) < 4.78 is 6.20. The van der Waals surface area contributed by atoms with Crippen LogP contribution in [0.5, 0.6) is 5.75 Å². The van der Waals surface area contributed by atoms with Gasteiger partial charge in [0.25, 0.3) is 0 Å². The summed E-state index contributed by atoms with van der Waals surface area (Å²) in [7, 11) is 0. The minimum Gasteiger partial charge on any atom is -0.493 e. The van der Waals surface area contributed by atoms with E-state index in [1.807, 2.05) is 0 Å². The number of ether oxygens (including phenoxy) is 1. The van der Waals surface area contributed by atoms with Crippen molar-refractivity contribution in [3.8, 4) is 5.75 Å². The fraction of sp³-hybridized carbons (Fsp3) is 0.625. The topological polar surface area (TPSA) is 77.0 Å². The second kappa shape index (κ2) is 9.10. The summed E-state index contributed by atoms with van der Waals surface area (Å²) in [5, 5.41) is 2.91. The molecular weight excluding hydrogens is 362 g/mol. The summed E-state index contributed by atoms with van der Waals surface area (Å²) >= 11 is 0. The molecule has 1 aliphatic carbocycles. The van der Waals surface area contributed by atoms with E-state index in [9.17, 15) is 4.91 Å². The SMILES string of the molecule is Cc1cc(OCC(C)C)c(C(C)(C)C)cc1C1(C(C)/N=C\C(=C/N)N=O)CCC1. The fourth-order valence-corrected chi connectivity index (χ4v) is 4.08. The number of nitroso groups, excluding NO2 is 1. The molecule has 0 saturated heterocycles. The molecule has 0 aliphatic heterocycles. The number of hydrogen-bond donors (Lipinski definition) is 1. The Morgan fingerprint density at radius 3 is 2.38 bits per heavy atom. The van der Waals surface area contributed by atoms with Gasteiger partial charge in [-0.3, -0.25) is 4.99 Å². The highest BCUT2D eigenvalue weighted by Gasteiger charge is 2.45. The molecule has 2 rings (SSSR count). The third kappa shape index (κ3) is 5.06. The highest BCUT2D eigenvalue weighted by atomic mass is 16.5. The van der Waals surface area contributed by atoms with Crippen molar-refractivity contribution in [2.45, 2.75) is 84.6 Å². The Morgan fingerprint density at radius 2 is 1.93 bits per heavy atom. The zero-order valence-electron chi connectivity index (χ0n) is 19.1. The number of hydrogen-bond acceptors (Lipinski definition) is 5. The summed E-state index contributed by atoms with van der Waals surface area (Å²) in [5.41, 5.74) is 9.36. The smallest absolute Gasteiger partial charge is 0.141 e. The molecule has 0 heterocycles. The molecule has 1 unspecified atom stereocenters. The summed E-state index contributed by atoms with van der Waals surface area (Å²) in [6.07, 6.45) is 6.04. The van der Waals surface area contributed by atoms with Gasteiger partial charge in [-0.15, -0.1) is 4.91 Å². The van der Waals surface area contributed by atoms with E-state index in [0.29, 0.717) is 12.5 Å². The van der Waals surface area contributed by atoms with Crippen LogP contribution in [0.15, 0.2) is 34.2 Å². The maximum Gasteiger partial charge on any atom is 0.141 e. The van der Waals surface area contributed by atoms with Gasteiger partial charge in [-0.05, 0) is 66.0 Å². The Morgan fingerprint density at radius 1 is 1.28 bits per heavy atom. The van der Waals surface area contributed by atoms with Gasteiger partial charge >= 0.3 is 0 Å². The summed E-state index contributed by atoms with van der Waals surface area (Å²) in [6.45, 7) is 16.0. The molecule has 5 heteroatoms. The van der Waals surface area contributed by atoms with Crippen LogP contribution in [0, 0.1) is 17.7 Å². The summed E-state index contributed by atoms with van der Waals surface area (Å²) in [5.74, 6) is 1.46. The lowest BCUT2D eigenvalue weighted by Crippen LogP contribution is -2.44. The standard InChI is InChI=1S/C24H37N3O2/c1-16(2)15-29-22-11-17(3)20(12-21(22)23(5,6)7)24(9-8-10-24)18(4)26-14-19(13-25)27-28/h11-14,16,18H,8-10,15,25H2,1-7H3/b19-13+,26-14-. The van der Waals surface area contributed by atoms with E-state index in [4.69, 9.17) is 10.5 Å². The highest BCUT2D eigenvalue weighted by molar-refractivity contribution is 5.78. The van der Waals surface area contributed by atoms with Gasteiger partial charge < -0.3 is 10.5 Å². The number of aliphatic imine (C=N–C) groups is 1. The van der Waals surface area contributed by atoms with Gasteiger partial charge in [0.05, 0.1) is 18.9 Å². The van der Waals surface area contributed by atoms with Crippen molar-refractivity contribution in [2.24, 2.45) is 21.8 Å². The molecule has 0 amide bonds. The number of nitrogens with zero attached hydrogens (tertiary/aromatic N) is 2. The molecule has 1 aromatic rings. The second-order valence-corrected chi connectivity index (χ2v) is 9.76. The van der Waals surface area contributed by atoms with Crippen LogP contribution in [0.3, 0.4) is 0 Å². The van der Waals surface area contributed by atoms with E-state index >= 15 is 0 Å². The van der Waals surface area contributed by atoms with E-state index in [-0.39, 0.29) is 22.6 Å². The number of aryl methyl sites for hydroxylation is 1. The van der Waals surface area contributed by atoms with Crippen molar-refractivity contribution in [3.05, 3.63) is 45.6 Å². The van der Waals surface area contributed by atoms with Crippen LogP contribution in [-0.4, -0.2) is 18.9 Å². The predicted molar refractivity (Wildman–Crippen MR) is 122 cm³/mol. The maximum absolute atomic E-state index is 10.8. The summed E-state index contributed by atoms with van der Waals surface area (Å²) in [4.78, 5) is 15.5. The Kier molecular flexibility index (Phi) is 7.25. The molecule has 0 radical (unpaired) electrons. The van der Waals surface area contributed by atoms with Crippen LogP contribution in [0.25, 0.3) is 0 Å². The van der Waals surface area contributed by atoms with E-state index in [0.717, 1.165) is 18.6 Å². The number of nitrogens with two attached hydrogens (primary N) is 1. The van der Waals surface area contributed by atoms with E-state index in [1.165, 1.54) is 35.5 Å². The van der Waals surface area contributed by atoms with Gasteiger partial charge in [0.15, 0.2) is 0 Å². The number of allylic oxidation sites excluding steroid dienone is 1. The largest absolute Gasteiger partial charge is 0.493 e. The number of rotatable bonds is 8. The normalized spacial score (nSPS) is 18.0. The average molecular weight is 400 g/mol. The zero-order valence-corrected chi connectivity index (χ0v) is 19.1. The van der Waals surface area contributed by atoms with Crippen LogP contribution in [0.4, 0.5) is 0 Å². The lowest BCUT2D eigenvalue weighted by atomic mass is 9.59. The van der Waals surface area contributed by atoms with Crippen molar-refractivity contribution in [1.82, 2.24) is 0 Å². The molecule has 1 atom stereocenters. The van der Waals surface area contributed by atoms with Gasteiger partial charge in [0.1, 0.15) is 11.4 Å². The van der Waals surface area contributed by atoms with Crippen LogP contribution in [0.1, 0.15) is 77.5 Å². The maximum atomic E-state index is 10.8. The lowest BCUT2D eigenvalue weighted by molar-refractivity contribution is 0.204. The van der Waals surface area contributed by atoms with Crippen LogP contribution in [0.2, 0.25) is 0 Å². The quantitative estimate of drug-likeness (QED) is 0.445. The molecule has 1 fully saturated rings. The van der Waals surface area contributed by atoms with Gasteiger partial charge in [-0.2, -0.15) is 0 Å². The molecule has 0 spiro atoms. The molecule has 0 bridgehead atoms. The van der Waals surface area contributed by atoms with Gasteiger partial charge in [0, 0.05) is 11.6 Å². The second-order valence-electron chi connectivity index (χ2n) is 9.76. The first-order valence-electron chi connectivity index (χ1n) is 10.6. The predicted octanol–water partition coefficient (Wildman–Crippen LogP) is 5.77. The van der Waals surface area contributed by atoms with Crippen molar-refractivity contribution in [3.63, 3.8) is 0 Å². The van der Waals surface area contributed by atoms with Crippen molar-refractivity contribution in [2.75, 3.05) is 6.61 Å². The van der Waals surface area contributed by atoms with Crippen molar-refractivity contribution < 1.29 is 4.74 Å². The molecule has 1 saturated carbocycles. The monoisotopic (exact) mass is 399 g/mol. The third-order valence-corrected chi connectivity index (χ3v) is 6.00. The molecule has 2 N–H and O–H groups in total. The molecule has 29 heavy (non-hydrogen) atoms. The lowest BCUT2D eigenvalue weighted by Gasteiger charge is -2.47. The third-order valence-electron chi connectivity index (χ3n) is 6.00. The Balaban J connectivity index is 2.49. The zero-order chi connectivity index (χ0) is 21.8. The molecule has 1 aromatic carbocycles. The van der Waals surface area contributed by atoms with Gasteiger partial charge in [-0.1, -0.05) is 47.1 Å². The van der Waals surface area contributed by atoms with Crippen molar-refractivity contribution in [1.29, 1.82) is 0 Å². The van der Waals surface area contributed by atoms with Gasteiger partial charge in [-0.25, -0.2) is 0 Å². The van der Waals surface area contributed by atoms with E-state index < -0.39 is 0 Å². The van der Waals surface area contributed by atoms with E-state index in [2.05, 4.69) is 70.8 Å². The fourth-order valence-electron chi connectivity index (χ4n) is 4.08. The highest BCUT2D eigenvalue weighted by Crippen LogP contribution is 2.50. The van der Waals surface area contributed by atoms with Crippen LogP contribution >= 0.6 is 0 Å². The minimum atomic E-state index is -0.0280. The first-order chi connectivity index (χ1) is 13.5. The Bertz CT molecular complexity index is 784. The Hall–Kier alpha value is -2.17. The molecule has 5 nitrogen and oxygen atoms in total. The minimum absolute atomic E-state index is 0.0247.